The summed E-state index contributed by atoms with van der Waals surface area (Å²) in [5.74, 6) is 0.792. The number of aromatic nitrogens is 2. The van der Waals surface area contributed by atoms with Crippen LogP contribution in [0.3, 0.4) is 0 Å². The minimum atomic E-state index is -4.48. The fourth-order valence-electron chi connectivity index (χ4n) is 2.65. The molecule has 5 nitrogen and oxygen atoms in total. The lowest BCUT2D eigenvalue weighted by atomic mass is 10.1. The minimum Gasteiger partial charge on any atom is -0.483 e. The van der Waals surface area contributed by atoms with Gasteiger partial charge in [-0.2, -0.15) is 13.2 Å². The molecule has 0 spiro atoms. The van der Waals surface area contributed by atoms with Crippen molar-refractivity contribution in [3.8, 4) is 28.9 Å². The summed E-state index contributed by atoms with van der Waals surface area (Å²) in [4.78, 5) is 0. The van der Waals surface area contributed by atoms with E-state index in [-0.39, 0.29) is 45.5 Å². The SMILES string of the molecule is FC(F)(F)c1cccc(-c2nnc(-c3ccc(COc4c(Cl)cc(Cl)cc4Cl)o3)o2)c1. The van der Waals surface area contributed by atoms with Crippen LogP contribution in [0.2, 0.25) is 15.1 Å². The van der Waals surface area contributed by atoms with Gasteiger partial charge in [0.1, 0.15) is 12.4 Å². The molecular weight excluding hydrogens is 480 g/mol. The van der Waals surface area contributed by atoms with Crippen LogP contribution in [0.4, 0.5) is 13.2 Å². The molecule has 0 saturated heterocycles. The first kappa shape index (κ1) is 21.5. The molecule has 0 unspecified atom stereocenters. The molecule has 160 valence electrons. The Kier molecular flexibility index (Phi) is 5.88. The van der Waals surface area contributed by atoms with Gasteiger partial charge in [-0.15, -0.1) is 10.2 Å². The minimum absolute atomic E-state index is 0.00113. The molecular formula is C20H10Cl3F3N2O3. The zero-order valence-corrected chi connectivity index (χ0v) is 17.5. The Morgan fingerprint density at radius 1 is 0.871 bits per heavy atom. The molecule has 0 fully saturated rings. The number of alkyl halides is 3. The Labute approximate surface area is 188 Å². The second-order valence-corrected chi connectivity index (χ2v) is 7.49. The van der Waals surface area contributed by atoms with Crippen LogP contribution in [0.1, 0.15) is 11.3 Å². The lowest BCUT2D eigenvalue weighted by Gasteiger charge is -2.08. The van der Waals surface area contributed by atoms with Crippen LogP contribution >= 0.6 is 34.8 Å². The van der Waals surface area contributed by atoms with Gasteiger partial charge in [-0.05, 0) is 42.5 Å². The summed E-state index contributed by atoms with van der Waals surface area (Å²) < 4.78 is 55.4. The molecule has 0 aliphatic heterocycles. The van der Waals surface area contributed by atoms with E-state index < -0.39 is 11.7 Å². The van der Waals surface area contributed by atoms with Gasteiger partial charge in [0.2, 0.25) is 5.89 Å². The van der Waals surface area contributed by atoms with Crippen molar-refractivity contribution in [2.24, 2.45) is 0 Å². The maximum atomic E-state index is 12.9. The average Bonchev–Trinajstić information content (AvgIpc) is 3.36. The van der Waals surface area contributed by atoms with Crippen LogP contribution in [0.15, 0.2) is 57.4 Å². The Hall–Kier alpha value is -2.68. The van der Waals surface area contributed by atoms with Gasteiger partial charge in [-0.25, -0.2) is 0 Å². The van der Waals surface area contributed by atoms with Crippen molar-refractivity contribution >= 4 is 34.8 Å². The fourth-order valence-corrected chi connectivity index (χ4v) is 3.57. The second kappa shape index (κ2) is 8.45. The van der Waals surface area contributed by atoms with Crippen LogP contribution in [-0.4, -0.2) is 10.2 Å². The maximum absolute atomic E-state index is 12.9. The van der Waals surface area contributed by atoms with E-state index >= 15 is 0 Å². The highest BCUT2D eigenvalue weighted by Gasteiger charge is 2.31. The first-order chi connectivity index (χ1) is 14.7. The highest BCUT2D eigenvalue weighted by atomic mass is 35.5. The number of benzene rings is 2. The quantitative estimate of drug-likeness (QED) is 0.289. The Balaban J connectivity index is 1.50. The first-order valence-corrected chi connectivity index (χ1v) is 9.71. The zero-order chi connectivity index (χ0) is 22.2. The van der Waals surface area contributed by atoms with Crippen molar-refractivity contribution in [2.45, 2.75) is 12.8 Å². The largest absolute Gasteiger partial charge is 0.483 e. The Morgan fingerprint density at radius 2 is 1.58 bits per heavy atom. The van der Waals surface area contributed by atoms with Crippen molar-refractivity contribution in [2.75, 3.05) is 0 Å². The third kappa shape index (κ3) is 4.81. The predicted molar refractivity (Wildman–Crippen MR) is 108 cm³/mol. The van der Waals surface area contributed by atoms with Gasteiger partial charge in [0.25, 0.3) is 5.89 Å². The lowest BCUT2D eigenvalue weighted by molar-refractivity contribution is -0.137. The summed E-state index contributed by atoms with van der Waals surface area (Å²) in [6.45, 7) is -0.00427. The number of nitrogens with zero attached hydrogens (tertiary/aromatic N) is 2. The van der Waals surface area contributed by atoms with Crippen LogP contribution in [-0.2, 0) is 12.8 Å². The first-order valence-electron chi connectivity index (χ1n) is 8.58. The molecule has 0 amide bonds. The van der Waals surface area contributed by atoms with Gasteiger partial charge < -0.3 is 13.6 Å². The van der Waals surface area contributed by atoms with Crippen LogP contribution in [0.25, 0.3) is 23.1 Å². The molecule has 31 heavy (non-hydrogen) atoms. The maximum Gasteiger partial charge on any atom is 0.416 e. The number of hydrogen-bond acceptors (Lipinski definition) is 5. The third-order valence-corrected chi connectivity index (χ3v) is 4.84. The number of hydrogen-bond donors (Lipinski definition) is 0. The molecule has 0 aliphatic carbocycles. The van der Waals surface area contributed by atoms with E-state index in [4.69, 9.17) is 48.4 Å². The molecule has 2 aromatic carbocycles. The van der Waals surface area contributed by atoms with Crippen molar-refractivity contribution < 1.29 is 26.7 Å². The summed E-state index contributed by atoms with van der Waals surface area (Å²) in [5.41, 5.74) is -0.683. The standard InChI is InChI=1S/C20H10Cl3F3N2O3/c21-12-7-14(22)17(15(23)8-12)29-9-13-4-5-16(30-13)19-28-27-18(31-19)10-2-1-3-11(6-10)20(24,25)26/h1-8H,9H2. The van der Waals surface area contributed by atoms with Crippen molar-refractivity contribution in [3.05, 3.63) is 74.9 Å². The normalized spacial score (nSPS) is 11.7. The van der Waals surface area contributed by atoms with E-state index in [0.29, 0.717) is 10.8 Å². The molecule has 4 aromatic rings. The molecule has 0 radical (unpaired) electrons. The fraction of sp³-hybridized carbons (Fsp3) is 0.100. The van der Waals surface area contributed by atoms with E-state index in [2.05, 4.69) is 10.2 Å². The molecule has 0 atom stereocenters. The number of rotatable bonds is 5. The Bertz CT molecular complexity index is 1210. The molecule has 2 heterocycles. The monoisotopic (exact) mass is 488 g/mol. The summed E-state index contributed by atoms with van der Waals surface area (Å²) in [6.07, 6.45) is -4.48. The van der Waals surface area contributed by atoms with E-state index in [1.54, 1.807) is 12.1 Å². The van der Waals surface area contributed by atoms with E-state index in [0.717, 1.165) is 12.1 Å². The van der Waals surface area contributed by atoms with Gasteiger partial charge in [0, 0.05) is 10.6 Å². The lowest BCUT2D eigenvalue weighted by Crippen LogP contribution is -2.04. The number of furan rings is 1. The third-order valence-electron chi connectivity index (χ3n) is 4.06. The molecule has 0 bridgehead atoms. The Morgan fingerprint density at radius 3 is 2.29 bits per heavy atom. The smallest absolute Gasteiger partial charge is 0.416 e. The molecule has 0 aliphatic rings. The highest BCUT2D eigenvalue weighted by molar-refractivity contribution is 6.40. The molecule has 0 N–H and O–H groups in total. The van der Waals surface area contributed by atoms with E-state index in [1.165, 1.54) is 24.3 Å². The van der Waals surface area contributed by atoms with Gasteiger partial charge in [0.15, 0.2) is 11.5 Å². The van der Waals surface area contributed by atoms with E-state index in [9.17, 15) is 13.2 Å². The van der Waals surface area contributed by atoms with Crippen LogP contribution in [0.5, 0.6) is 5.75 Å². The zero-order valence-electron chi connectivity index (χ0n) is 15.2. The number of halogens is 6. The second-order valence-electron chi connectivity index (χ2n) is 6.24. The molecule has 2 aromatic heterocycles. The van der Waals surface area contributed by atoms with Crippen LogP contribution in [0, 0.1) is 0 Å². The van der Waals surface area contributed by atoms with Gasteiger partial charge in [-0.3, -0.25) is 0 Å². The summed E-state index contributed by atoms with van der Waals surface area (Å²) >= 11 is 18.0. The van der Waals surface area contributed by atoms with Crippen molar-refractivity contribution in [3.63, 3.8) is 0 Å². The summed E-state index contributed by atoms with van der Waals surface area (Å²) in [7, 11) is 0. The molecule has 11 heteroatoms. The van der Waals surface area contributed by atoms with Crippen LogP contribution < -0.4 is 4.74 Å². The van der Waals surface area contributed by atoms with E-state index in [1.807, 2.05) is 0 Å². The van der Waals surface area contributed by atoms with Gasteiger partial charge in [-0.1, -0.05) is 40.9 Å². The van der Waals surface area contributed by atoms with Gasteiger partial charge >= 0.3 is 6.18 Å². The molecule has 0 saturated carbocycles. The van der Waals surface area contributed by atoms with Crippen molar-refractivity contribution in [1.82, 2.24) is 10.2 Å². The summed E-state index contributed by atoms with van der Waals surface area (Å²) in [6, 6.07) is 10.7. The molecule has 4 rings (SSSR count). The van der Waals surface area contributed by atoms with Crippen molar-refractivity contribution in [1.29, 1.82) is 0 Å². The highest BCUT2D eigenvalue weighted by Crippen LogP contribution is 2.37. The topological polar surface area (TPSA) is 61.3 Å². The number of ether oxygens (including phenoxy) is 1. The van der Waals surface area contributed by atoms with Gasteiger partial charge in [0.05, 0.1) is 15.6 Å². The predicted octanol–water partition coefficient (Wildman–Crippen LogP) is 7.55. The summed E-state index contributed by atoms with van der Waals surface area (Å²) in [5, 5.41) is 8.49. The average molecular weight is 490 g/mol.